The van der Waals surface area contributed by atoms with Crippen molar-refractivity contribution in [2.24, 2.45) is 0 Å². The first-order valence-corrected chi connectivity index (χ1v) is 8.50. The summed E-state index contributed by atoms with van der Waals surface area (Å²) in [5, 5.41) is 9.10. The highest BCUT2D eigenvalue weighted by Gasteiger charge is 2.26. The molecule has 1 fully saturated rings. The summed E-state index contributed by atoms with van der Waals surface area (Å²) in [7, 11) is 0. The van der Waals surface area contributed by atoms with Crippen LogP contribution in [0.4, 0.5) is 0 Å². The van der Waals surface area contributed by atoms with E-state index in [1.165, 1.54) is 11.0 Å². The van der Waals surface area contributed by atoms with E-state index >= 15 is 0 Å². The number of amides is 1. The second-order valence-corrected chi connectivity index (χ2v) is 6.28. The highest BCUT2D eigenvalue weighted by molar-refractivity contribution is 5.93. The molecule has 0 spiro atoms. The van der Waals surface area contributed by atoms with Gasteiger partial charge < -0.3 is 19.5 Å². The number of aliphatic carboxylic acids is 1. The normalized spacial score (nSPS) is 15.5. The summed E-state index contributed by atoms with van der Waals surface area (Å²) in [5.74, 6) is -0.582. The molecule has 0 aliphatic carbocycles. The van der Waals surface area contributed by atoms with Crippen LogP contribution in [0.15, 0.2) is 30.3 Å². The number of nitrogens with zero attached hydrogens (tertiary/aromatic N) is 1. The molecule has 0 aromatic heterocycles. The largest absolute Gasteiger partial charge is 0.491 e. The Labute approximate surface area is 148 Å². The third-order valence-corrected chi connectivity index (χ3v) is 3.87. The minimum Gasteiger partial charge on any atom is -0.491 e. The second-order valence-electron chi connectivity index (χ2n) is 6.28. The van der Waals surface area contributed by atoms with Crippen LogP contribution in [0.25, 0.3) is 6.08 Å². The van der Waals surface area contributed by atoms with Crippen LogP contribution in [0, 0.1) is 0 Å². The zero-order chi connectivity index (χ0) is 18.2. The van der Waals surface area contributed by atoms with Crippen molar-refractivity contribution in [3.63, 3.8) is 0 Å². The summed E-state index contributed by atoms with van der Waals surface area (Å²) in [6.45, 7) is 4.69. The standard InChI is InChI=1S/C19H25NO5/c1-14(2)25-17-5-3-4-15(12-17)6-7-18(21)20(13-19(22)23)16-8-10-24-11-9-16/h3-7,12,14,16H,8-11,13H2,1-2H3,(H,22,23)/b7-6+. The summed E-state index contributed by atoms with van der Waals surface area (Å²) in [4.78, 5) is 25.0. The van der Waals surface area contributed by atoms with Gasteiger partial charge in [-0.15, -0.1) is 0 Å². The van der Waals surface area contributed by atoms with Crippen LogP contribution < -0.4 is 4.74 Å². The Hall–Kier alpha value is -2.34. The topological polar surface area (TPSA) is 76.1 Å². The van der Waals surface area contributed by atoms with Crippen LogP contribution in [0.2, 0.25) is 0 Å². The minimum atomic E-state index is -1.01. The van der Waals surface area contributed by atoms with Crippen LogP contribution in [0.1, 0.15) is 32.3 Å². The lowest BCUT2D eigenvalue weighted by Crippen LogP contribution is -2.45. The van der Waals surface area contributed by atoms with Crippen molar-refractivity contribution in [2.75, 3.05) is 19.8 Å². The van der Waals surface area contributed by atoms with Crippen molar-refractivity contribution in [2.45, 2.75) is 38.8 Å². The van der Waals surface area contributed by atoms with E-state index in [0.717, 1.165) is 11.3 Å². The fraction of sp³-hybridized carbons (Fsp3) is 0.474. The Kier molecular flexibility index (Phi) is 7.01. The average molecular weight is 347 g/mol. The summed E-state index contributed by atoms with van der Waals surface area (Å²) >= 11 is 0. The second kappa shape index (κ2) is 9.22. The molecule has 1 heterocycles. The van der Waals surface area contributed by atoms with Crippen LogP contribution in [0.3, 0.4) is 0 Å². The zero-order valence-electron chi connectivity index (χ0n) is 14.7. The number of carbonyl (C=O) groups excluding carboxylic acids is 1. The molecule has 2 rings (SSSR count). The Morgan fingerprint density at radius 2 is 2.08 bits per heavy atom. The van der Waals surface area contributed by atoms with E-state index in [1.807, 2.05) is 38.1 Å². The first-order chi connectivity index (χ1) is 12.0. The predicted octanol–water partition coefficient (Wildman–Crippen LogP) is 2.58. The average Bonchev–Trinajstić information content (AvgIpc) is 2.58. The Bertz CT molecular complexity index is 620. The van der Waals surface area contributed by atoms with Crippen molar-refractivity contribution in [3.05, 3.63) is 35.9 Å². The number of hydrogen-bond donors (Lipinski definition) is 1. The molecule has 25 heavy (non-hydrogen) atoms. The molecule has 1 aromatic rings. The molecule has 1 saturated heterocycles. The molecular formula is C19H25NO5. The van der Waals surface area contributed by atoms with Crippen LogP contribution in [-0.2, 0) is 14.3 Å². The fourth-order valence-corrected chi connectivity index (χ4v) is 2.76. The summed E-state index contributed by atoms with van der Waals surface area (Å²) in [5.41, 5.74) is 0.828. The van der Waals surface area contributed by atoms with Crippen molar-refractivity contribution in [1.82, 2.24) is 4.90 Å². The summed E-state index contributed by atoms with van der Waals surface area (Å²) in [6, 6.07) is 7.33. The molecule has 1 amide bonds. The Morgan fingerprint density at radius 3 is 2.72 bits per heavy atom. The SMILES string of the molecule is CC(C)Oc1cccc(/C=C/C(=O)N(CC(=O)O)C2CCOCC2)c1. The maximum Gasteiger partial charge on any atom is 0.323 e. The molecule has 0 bridgehead atoms. The maximum absolute atomic E-state index is 12.5. The van der Waals surface area contributed by atoms with Gasteiger partial charge in [-0.2, -0.15) is 0 Å². The number of carboxylic acid groups (broad SMARTS) is 1. The Balaban J connectivity index is 2.08. The third-order valence-electron chi connectivity index (χ3n) is 3.87. The van der Waals surface area contributed by atoms with Gasteiger partial charge in [-0.1, -0.05) is 12.1 Å². The van der Waals surface area contributed by atoms with Gasteiger partial charge in [0, 0.05) is 25.3 Å². The number of carboxylic acids is 1. The van der Waals surface area contributed by atoms with Gasteiger partial charge in [0.2, 0.25) is 5.91 Å². The zero-order valence-corrected chi connectivity index (χ0v) is 14.7. The van der Waals surface area contributed by atoms with Gasteiger partial charge in [0.25, 0.3) is 0 Å². The van der Waals surface area contributed by atoms with Gasteiger partial charge in [-0.3, -0.25) is 9.59 Å². The van der Waals surface area contributed by atoms with E-state index in [1.54, 1.807) is 6.08 Å². The van der Waals surface area contributed by atoms with Gasteiger partial charge in [-0.25, -0.2) is 0 Å². The molecule has 0 atom stereocenters. The number of hydrogen-bond acceptors (Lipinski definition) is 4. The number of rotatable bonds is 7. The van der Waals surface area contributed by atoms with Gasteiger partial charge in [0.05, 0.1) is 6.10 Å². The van der Waals surface area contributed by atoms with E-state index in [0.29, 0.717) is 26.1 Å². The number of ether oxygens (including phenoxy) is 2. The van der Waals surface area contributed by atoms with Gasteiger partial charge >= 0.3 is 5.97 Å². The quantitative estimate of drug-likeness (QED) is 0.767. The van der Waals surface area contributed by atoms with Crippen molar-refractivity contribution >= 4 is 18.0 Å². The van der Waals surface area contributed by atoms with Gasteiger partial charge in [-0.05, 0) is 50.5 Å². The molecule has 1 aromatic carbocycles. The lowest BCUT2D eigenvalue weighted by atomic mass is 10.1. The van der Waals surface area contributed by atoms with Crippen molar-refractivity contribution in [3.8, 4) is 5.75 Å². The monoisotopic (exact) mass is 347 g/mol. The van der Waals surface area contributed by atoms with E-state index < -0.39 is 5.97 Å². The maximum atomic E-state index is 12.5. The molecule has 1 N–H and O–H groups in total. The van der Waals surface area contributed by atoms with Crippen LogP contribution in [-0.4, -0.2) is 53.8 Å². The number of carbonyl (C=O) groups is 2. The molecule has 1 aliphatic rings. The molecule has 136 valence electrons. The van der Waals surface area contributed by atoms with Crippen molar-refractivity contribution < 1.29 is 24.2 Å². The first kappa shape index (κ1) is 19.0. The van der Waals surface area contributed by atoms with E-state index in [4.69, 9.17) is 14.6 Å². The van der Waals surface area contributed by atoms with Crippen molar-refractivity contribution in [1.29, 1.82) is 0 Å². The first-order valence-electron chi connectivity index (χ1n) is 8.50. The molecule has 0 radical (unpaired) electrons. The molecular weight excluding hydrogens is 322 g/mol. The Morgan fingerprint density at radius 1 is 1.36 bits per heavy atom. The third kappa shape index (κ3) is 6.23. The highest BCUT2D eigenvalue weighted by Crippen LogP contribution is 2.18. The van der Waals surface area contributed by atoms with E-state index in [-0.39, 0.29) is 24.6 Å². The van der Waals surface area contributed by atoms with Gasteiger partial charge in [0.15, 0.2) is 0 Å². The summed E-state index contributed by atoms with van der Waals surface area (Å²) in [6.07, 6.45) is 4.49. The molecule has 0 saturated carbocycles. The van der Waals surface area contributed by atoms with E-state index in [2.05, 4.69) is 0 Å². The van der Waals surface area contributed by atoms with Crippen LogP contribution >= 0.6 is 0 Å². The smallest absolute Gasteiger partial charge is 0.323 e. The number of benzene rings is 1. The minimum absolute atomic E-state index is 0.0699. The predicted molar refractivity (Wildman–Crippen MR) is 94.4 cm³/mol. The highest BCUT2D eigenvalue weighted by atomic mass is 16.5. The fourth-order valence-electron chi connectivity index (χ4n) is 2.76. The lowest BCUT2D eigenvalue weighted by molar-refractivity contribution is -0.145. The van der Waals surface area contributed by atoms with E-state index in [9.17, 15) is 9.59 Å². The molecule has 0 unspecified atom stereocenters. The van der Waals surface area contributed by atoms with Gasteiger partial charge in [0.1, 0.15) is 12.3 Å². The summed E-state index contributed by atoms with van der Waals surface area (Å²) < 4.78 is 10.9. The molecule has 6 nitrogen and oxygen atoms in total. The molecule has 6 heteroatoms. The lowest BCUT2D eigenvalue weighted by Gasteiger charge is -2.32. The van der Waals surface area contributed by atoms with Crippen LogP contribution in [0.5, 0.6) is 5.75 Å². The molecule has 1 aliphatic heterocycles.